The number of guanidine groups is 1. The first kappa shape index (κ1) is 23.4. The molecule has 1 saturated heterocycles. The van der Waals surface area contributed by atoms with E-state index in [2.05, 4.69) is 20.5 Å². The summed E-state index contributed by atoms with van der Waals surface area (Å²) in [5.41, 5.74) is 1.67. The zero-order valence-corrected chi connectivity index (χ0v) is 19.1. The van der Waals surface area contributed by atoms with Gasteiger partial charge in [0.1, 0.15) is 5.82 Å². The van der Waals surface area contributed by atoms with Gasteiger partial charge in [-0.2, -0.15) is 0 Å². The molecule has 6 nitrogen and oxygen atoms in total. The summed E-state index contributed by atoms with van der Waals surface area (Å²) in [6, 6.07) is 5.29. The highest BCUT2D eigenvalue weighted by atomic mass is 32.2. The minimum Gasteiger partial charge on any atom is -0.367 e. The Hall–Kier alpha value is -1.83. The van der Waals surface area contributed by atoms with Crippen LogP contribution < -0.4 is 15.5 Å². The van der Waals surface area contributed by atoms with Crippen LogP contribution in [0.3, 0.4) is 0 Å². The predicted molar refractivity (Wildman–Crippen MR) is 119 cm³/mol. The van der Waals surface area contributed by atoms with Crippen LogP contribution in [0.15, 0.2) is 23.2 Å². The number of halogens is 1. The van der Waals surface area contributed by atoms with Crippen molar-refractivity contribution in [1.82, 2.24) is 10.6 Å². The van der Waals surface area contributed by atoms with Crippen molar-refractivity contribution in [3.05, 3.63) is 29.6 Å². The quantitative estimate of drug-likeness (QED) is 0.541. The summed E-state index contributed by atoms with van der Waals surface area (Å²) in [7, 11) is -3.21. The second kappa shape index (κ2) is 9.78. The highest BCUT2D eigenvalue weighted by Crippen LogP contribution is 2.24. The van der Waals surface area contributed by atoms with Crippen LogP contribution in [0.1, 0.15) is 46.1 Å². The molecule has 1 aromatic rings. The van der Waals surface area contributed by atoms with Crippen LogP contribution in [-0.4, -0.2) is 57.1 Å². The van der Waals surface area contributed by atoms with Gasteiger partial charge in [0, 0.05) is 25.7 Å². The number of hydrogen-bond acceptors (Lipinski definition) is 4. The minimum absolute atomic E-state index is 0.0123. The van der Waals surface area contributed by atoms with Gasteiger partial charge in [0.05, 0.1) is 22.7 Å². The average molecular weight is 427 g/mol. The molecule has 0 aliphatic carbocycles. The third-order valence-electron chi connectivity index (χ3n) is 5.11. The third kappa shape index (κ3) is 6.59. The number of aryl methyl sites for hydroxylation is 1. The Labute approximate surface area is 174 Å². The Morgan fingerprint density at radius 1 is 1.34 bits per heavy atom. The first-order chi connectivity index (χ1) is 13.5. The number of benzene rings is 1. The lowest BCUT2D eigenvalue weighted by Gasteiger charge is -2.35. The molecule has 1 aromatic carbocycles. The Morgan fingerprint density at radius 2 is 2.07 bits per heavy atom. The van der Waals surface area contributed by atoms with Gasteiger partial charge in [-0.3, -0.25) is 4.99 Å². The molecule has 1 unspecified atom stereocenters. The van der Waals surface area contributed by atoms with E-state index in [4.69, 9.17) is 0 Å². The molecule has 0 spiro atoms. The maximum atomic E-state index is 14.3. The van der Waals surface area contributed by atoms with Gasteiger partial charge >= 0.3 is 0 Å². The molecule has 164 valence electrons. The molecule has 0 saturated carbocycles. The molecule has 0 bridgehead atoms. The number of piperidine rings is 1. The van der Waals surface area contributed by atoms with E-state index in [1.54, 1.807) is 26.8 Å². The Bertz CT molecular complexity index is 818. The van der Waals surface area contributed by atoms with Crippen molar-refractivity contribution >= 4 is 21.5 Å². The second-order valence-electron chi connectivity index (χ2n) is 8.58. The molecule has 1 atom stereocenters. The first-order valence-electron chi connectivity index (χ1n) is 10.3. The largest absolute Gasteiger partial charge is 0.367 e. The van der Waals surface area contributed by atoms with Crippen molar-refractivity contribution in [2.45, 2.75) is 58.2 Å². The number of hydrogen-bond donors (Lipinski definition) is 2. The van der Waals surface area contributed by atoms with Gasteiger partial charge in [-0.05, 0) is 65.2 Å². The third-order valence-corrected chi connectivity index (χ3v) is 7.70. The maximum absolute atomic E-state index is 14.3. The summed E-state index contributed by atoms with van der Waals surface area (Å²) in [5.74, 6) is 0.413. The summed E-state index contributed by atoms with van der Waals surface area (Å²) in [4.78, 5) is 6.52. The van der Waals surface area contributed by atoms with E-state index in [-0.39, 0.29) is 24.2 Å². The van der Waals surface area contributed by atoms with Crippen molar-refractivity contribution in [2.75, 3.05) is 36.8 Å². The minimum atomic E-state index is -3.21. The molecular weight excluding hydrogens is 391 g/mol. The molecule has 2 rings (SSSR count). The van der Waals surface area contributed by atoms with Crippen molar-refractivity contribution in [3.63, 3.8) is 0 Å². The Kier molecular flexibility index (Phi) is 7.91. The molecule has 1 fully saturated rings. The fraction of sp³-hybridized carbons (Fsp3) is 0.667. The van der Waals surface area contributed by atoms with E-state index in [0.29, 0.717) is 24.7 Å². The van der Waals surface area contributed by atoms with Crippen LogP contribution >= 0.6 is 0 Å². The van der Waals surface area contributed by atoms with Crippen LogP contribution in [0.2, 0.25) is 0 Å². The molecule has 0 radical (unpaired) electrons. The summed E-state index contributed by atoms with van der Waals surface area (Å²) < 4.78 is 38.1. The zero-order valence-electron chi connectivity index (χ0n) is 18.3. The van der Waals surface area contributed by atoms with Crippen molar-refractivity contribution < 1.29 is 12.8 Å². The van der Waals surface area contributed by atoms with E-state index in [9.17, 15) is 12.8 Å². The normalized spacial score (nSPS) is 18.6. The summed E-state index contributed by atoms with van der Waals surface area (Å²) in [6.07, 6.45) is 1.90. The standard InChI is InChI=1S/C21H35FN4O2S/c1-6-23-20(24-11-13-29(27,28)21(3,4)5)25-17-8-7-12-26(15-17)19-14-16(2)9-10-18(19)22/h9-10,14,17H,6-8,11-13,15H2,1-5H3,(H2,23,24,25). The lowest BCUT2D eigenvalue weighted by atomic mass is 10.0. The van der Waals surface area contributed by atoms with Gasteiger partial charge < -0.3 is 15.5 Å². The van der Waals surface area contributed by atoms with E-state index in [0.717, 1.165) is 24.9 Å². The molecule has 29 heavy (non-hydrogen) atoms. The van der Waals surface area contributed by atoms with Crippen LogP contribution in [0, 0.1) is 12.7 Å². The van der Waals surface area contributed by atoms with Crippen LogP contribution in [0.4, 0.5) is 10.1 Å². The molecule has 8 heteroatoms. The lowest BCUT2D eigenvalue weighted by molar-refractivity contribution is 0.463. The van der Waals surface area contributed by atoms with Gasteiger partial charge in [0.15, 0.2) is 15.8 Å². The van der Waals surface area contributed by atoms with Gasteiger partial charge in [-0.15, -0.1) is 0 Å². The van der Waals surface area contributed by atoms with Crippen LogP contribution in [0.5, 0.6) is 0 Å². The maximum Gasteiger partial charge on any atom is 0.191 e. The molecule has 2 N–H and O–H groups in total. The van der Waals surface area contributed by atoms with Crippen molar-refractivity contribution in [1.29, 1.82) is 0 Å². The van der Waals surface area contributed by atoms with Crippen LogP contribution in [-0.2, 0) is 9.84 Å². The smallest absolute Gasteiger partial charge is 0.191 e. The van der Waals surface area contributed by atoms with E-state index < -0.39 is 14.6 Å². The lowest BCUT2D eigenvalue weighted by Crippen LogP contribution is -2.51. The predicted octanol–water partition coefficient (Wildman–Crippen LogP) is 2.87. The molecule has 1 heterocycles. The Balaban J connectivity index is 2.03. The fourth-order valence-corrected chi connectivity index (χ4v) is 4.22. The fourth-order valence-electron chi connectivity index (χ4n) is 3.28. The number of aliphatic imine (C=N–C) groups is 1. The average Bonchev–Trinajstić information content (AvgIpc) is 2.63. The van der Waals surface area contributed by atoms with Crippen LogP contribution in [0.25, 0.3) is 0 Å². The van der Waals surface area contributed by atoms with Gasteiger partial charge in [0.25, 0.3) is 0 Å². The summed E-state index contributed by atoms with van der Waals surface area (Å²) in [6.45, 7) is 11.4. The highest BCUT2D eigenvalue weighted by molar-refractivity contribution is 7.92. The number of sulfone groups is 1. The Morgan fingerprint density at radius 3 is 2.72 bits per heavy atom. The van der Waals surface area contributed by atoms with E-state index in [1.807, 2.05) is 19.9 Å². The molecule has 0 amide bonds. The number of nitrogens with one attached hydrogen (secondary N) is 2. The molecule has 0 aromatic heterocycles. The first-order valence-corrected chi connectivity index (χ1v) is 12.0. The van der Waals surface area contributed by atoms with E-state index >= 15 is 0 Å². The number of rotatable bonds is 6. The monoisotopic (exact) mass is 426 g/mol. The highest BCUT2D eigenvalue weighted by Gasteiger charge is 2.28. The van der Waals surface area contributed by atoms with Crippen molar-refractivity contribution in [3.8, 4) is 0 Å². The second-order valence-corrected chi connectivity index (χ2v) is 11.4. The van der Waals surface area contributed by atoms with Gasteiger partial charge in [-0.1, -0.05) is 6.07 Å². The van der Waals surface area contributed by atoms with Crippen molar-refractivity contribution in [2.24, 2.45) is 4.99 Å². The summed E-state index contributed by atoms with van der Waals surface area (Å²) >= 11 is 0. The molecule has 1 aliphatic rings. The van der Waals surface area contributed by atoms with Gasteiger partial charge in [-0.25, -0.2) is 12.8 Å². The summed E-state index contributed by atoms with van der Waals surface area (Å²) in [5, 5.41) is 6.58. The topological polar surface area (TPSA) is 73.8 Å². The SMILES string of the molecule is CCNC(=NCCS(=O)(=O)C(C)(C)C)NC1CCCN(c2cc(C)ccc2F)C1. The number of anilines is 1. The van der Waals surface area contributed by atoms with E-state index in [1.165, 1.54) is 6.07 Å². The number of nitrogens with zero attached hydrogens (tertiary/aromatic N) is 2. The molecular formula is C21H35FN4O2S. The molecule has 1 aliphatic heterocycles. The van der Waals surface area contributed by atoms with Gasteiger partial charge in [0.2, 0.25) is 0 Å². The zero-order chi connectivity index (χ0) is 21.7.